The number of hydrogen-bond acceptors (Lipinski definition) is 3. The van der Waals surface area contributed by atoms with E-state index in [0.29, 0.717) is 21.2 Å². The fourth-order valence-corrected chi connectivity index (χ4v) is 7.00. The quantitative estimate of drug-likeness (QED) is 0.564. The van der Waals surface area contributed by atoms with E-state index in [0.717, 1.165) is 30.5 Å². The zero-order valence-corrected chi connectivity index (χ0v) is 15.6. The molecule has 1 fully saturated rings. The van der Waals surface area contributed by atoms with Crippen LogP contribution in [0.25, 0.3) is 10.1 Å². The molecule has 1 aromatic carbocycles. The van der Waals surface area contributed by atoms with Crippen LogP contribution in [0, 0.1) is 0 Å². The number of rotatable bonds is 3. The Bertz CT molecular complexity index is 682. The summed E-state index contributed by atoms with van der Waals surface area (Å²) in [5.41, 5.74) is 2.80. The van der Waals surface area contributed by atoms with Crippen molar-refractivity contribution in [3.8, 4) is 0 Å². The molecule has 4 rings (SSSR count). The van der Waals surface area contributed by atoms with E-state index in [4.69, 9.17) is 16.3 Å². The van der Waals surface area contributed by atoms with Crippen LogP contribution in [0.15, 0.2) is 12.1 Å². The minimum absolute atomic E-state index is 0.190. The normalized spacial score (nSPS) is 22.7. The van der Waals surface area contributed by atoms with Crippen molar-refractivity contribution in [3.63, 3.8) is 0 Å². The first-order valence-corrected chi connectivity index (χ1v) is 11.6. The molecule has 0 aliphatic carbocycles. The van der Waals surface area contributed by atoms with Crippen LogP contribution in [0.4, 0.5) is 0 Å². The van der Waals surface area contributed by atoms with Crippen LogP contribution in [0.3, 0.4) is 0 Å². The second-order valence-electron chi connectivity index (χ2n) is 5.67. The molecule has 2 aromatic rings. The summed E-state index contributed by atoms with van der Waals surface area (Å²) < 4.78 is 10.1. The first kappa shape index (κ1) is 14.7. The second kappa shape index (κ2) is 5.96. The van der Waals surface area contributed by atoms with Gasteiger partial charge in [0, 0.05) is 0 Å². The number of alkyl halides is 2. The molecule has 114 valence electrons. The van der Waals surface area contributed by atoms with Crippen LogP contribution in [0.2, 0.25) is 5.02 Å². The van der Waals surface area contributed by atoms with Crippen LogP contribution >= 0.6 is 22.9 Å². The van der Waals surface area contributed by atoms with E-state index >= 15 is 0 Å². The van der Waals surface area contributed by atoms with Crippen LogP contribution in [-0.2, 0) is 11.2 Å². The van der Waals surface area contributed by atoms with Crippen LogP contribution in [0.5, 0.6) is 0 Å². The second-order valence-corrected chi connectivity index (χ2v) is 10.1. The van der Waals surface area contributed by atoms with Crippen molar-refractivity contribution in [2.24, 2.45) is 0 Å². The molecular formula is C16H18ClINOS-. The number of thiophene rings is 1. The van der Waals surface area contributed by atoms with Gasteiger partial charge in [-0.1, -0.05) is 0 Å². The third-order valence-electron chi connectivity index (χ3n) is 4.31. The molecule has 21 heavy (non-hydrogen) atoms. The van der Waals surface area contributed by atoms with E-state index in [2.05, 4.69) is 17.4 Å². The minimum atomic E-state index is 0.190. The molecular weight excluding hydrogens is 417 g/mol. The van der Waals surface area contributed by atoms with Crippen molar-refractivity contribution in [2.75, 3.05) is 29.1 Å². The van der Waals surface area contributed by atoms with Gasteiger partial charge in [-0.05, 0) is 0 Å². The maximum absolute atomic E-state index is 6.55. The van der Waals surface area contributed by atoms with E-state index in [9.17, 15) is 0 Å². The van der Waals surface area contributed by atoms with Crippen molar-refractivity contribution in [1.29, 1.82) is 0 Å². The fraction of sp³-hybridized carbons (Fsp3) is 0.500. The summed E-state index contributed by atoms with van der Waals surface area (Å²) in [5.74, 6) is 0.720. The zero-order valence-electron chi connectivity index (χ0n) is 11.9. The van der Waals surface area contributed by atoms with Gasteiger partial charge in [0.25, 0.3) is 0 Å². The molecule has 1 aromatic heterocycles. The Morgan fingerprint density at radius 2 is 2.29 bits per heavy atom. The number of hydrogen-bond donors (Lipinski definition) is 1. The summed E-state index contributed by atoms with van der Waals surface area (Å²) in [6.07, 6.45) is 1.23. The maximum atomic E-state index is 6.55. The SMILES string of the molecule is CNCC1OCCc2sc3cc(Cl)c(C4C[I-]C4)cc3c21. The van der Waals surface area contributed by atoms with Gasteiger partial charge in [-0.25, -0.2) is 0 Å². The summed E-state index contributed by atoms with van der Waals surface area (Å²) in [7, 11) is 1.99. The fourth-order valence-electron chi connectivity index (χ4n) is 3.16. The standard InChI is InChI=1S/C16H18ClINOS/c1-19-8-13-16-11-4-10(9-6-18-7-9)12(17)5-15(11)21-14(16)2-3-20-13/h4-5,9,13,19H,2-3,6-8H2,1H3/q-1. The summed E-state index contributed by atoms with van der Waals surface area (Å²) in [6, 6.07) is 4.57. The van der Waals surface area contributed by atoms with Crippen LogP contribution in [0.1, 0.15) is 28.0 Å². The molecule has 5 heteroatoms. The number of likely N-dealkylation sites (N-methyl/N-ethyl adjacent to an activating group) is 1. The van der Waals surface area contributed by atoms with Gasteiger partial charge < -0.3 is 0 Å². The molecule has 0 radical (unpaired) electrons. The average Bonchev–Trinajstić information content (AvgIpc) is 2.76. The Morgan fingerprint density at radius 1 is 1.43 bits per heavy atom. The number of fused-ring (bicyclic) bond motifs is 3. The van der Waals surface area contributed by atoms with Crippen molar-refractivity contribution >= 4 is 33.0 Å². The Morgan fingerprint density at radius 3 is 3.00 bits per heavy atom. The predicted octanol–water partition coefficient (Wildman–Crippen LogP) is 0.574. The number of ether oxygens (including phenoxy) is 1. The number of nitrogens with one attached hydrogen (secondary N) is 1. The molecule has 0 saturated carbocycles. The Labute approximate surface area is 144 Å². The van der Waals surface area contributed by atoms with Gasteiger partial charge >= 0.3 is 145 Å². The van der Waals surface area contributed by atoms with Crippen molar-refractivity contribution in [2.45, 2.75) is 18.4 Å². The van der Waals surface area contributed by atoms with Crippen LogP contribution < -0.4 is 26.5 Å². The summed E-state index contributed by atoms with van der Waals surface area (Å²) >= 11 is 8.92. The molecule has 2 nitrogen and oxygen atoms in total. The first-order valence-electron chi connectivity index (χ1n) is 7.32. The van der Waals surface area contributed by atoms with Gasteiger partial charge in [-0.15, -0.1) is 0 Å². The van der Waals surface area contributed by atoms with Gasteiger partial charge in [0.2, 0.25) is 0 Å². The molecule has 0 spiro atoms. The van der Waals surface area contributed by atoms with E-state index in [1.807, 2.05) is 18.4 Å². The topological polar surface area (TPSA) is 21.3 Å². The zero-order chi connectivity index (χ0) is 14.4. The van der Waals surface area contributed by atoms with Gasteiger partial charge in [-0.3, -0.25) is 0 Å². The molecule has 0 amide bonds. The third kappa shape index (κ3) is 2.53. The molecule has 1 unspecified atom stereocenters. The monoisotopic (exact) mass is 434 g/mol. The van der Waals surface area contributed by atoms with Crippen molar-refractivity contribution < 1.29 is 25.9 Å². The van der Waals surface area contributed by atoms with Gasteiger partial charge in [0.05, 0.1) is 0 Å². The summed E-state index contributed by atoms with van der Waals surface area (Å²) in [5, 5.41) is 5.62. The number of benzene rings is 1. The van der Waals surface area contributed by atoms with E-state index in [1.165, 1.54) is 34.9 Å². The molecule has 1 atom stereocenters. The van der Waals surface area contributed by atoms with Gasteiger partial charge in [0.1, 0.15) is 0 Å². The number of halogens is 2. The molecule has 1 N–H and O–H groups in total. The van der Waals surface area contributed by atoms with Gasteiger partial charge in [-0.2, -0.15) is 0 Å². The average molecular weight is 435 g/mol. The van der Waals surface area contributed by atoms with Gasteiger partial charge in [0.15, 0.2) is 0 Å². The molecule has 3 heterocycles. The Hall–Kier alpha value is 0.120. The van der Waals surface area contributed by atoms with Crippen molar-refractivity contribution in [1.82, 2.24) is 5.32 Å². The molecule has 2 aliphatic heterocycles. The van der Waals surface area contributed by atoms with E-state index in [1.54, 1.807) is 0 Å². The molecule has 1 saturated heterocycles. The first-order chi connectivity index (χ1) is 10.3. The molecule has 2 aliphatic rings. The summed E-state index contributed by atoms with van der Waals surface area (Å²) in [4.78, 5) is 1.49. The van der Waals surface area contributed by atoms with E-state index < -0.39 is 0 Å². The van der Waals surface area contributed by atoms with E-state index in [-0.39, 0.29) is 6.10 Å². The summed E-state index contributed by atoms with van der Waals surface area (Å²) in [6.45, 7) is 1.71. The third-order valence-corrected chi connectivity index (χ3v) is 9.24. The Kier molecular flexibility index (Phi) is 4.17. The Balaban J connectivity index is 1.86. The van der Waals surface area contributed by atoms with Crippen molar-refractivity contribution in [3.05, 3.63) is 33.2 Å². The molecule has 0 bridgehead atoms. The van der Waals surface area contributed by atoms with Crippen LogP contribution in [-0.4, -0.2) is 29.1 Å². The predicted molar refractivity (Wildman–Crippen MR) is 85.6 cm³/mol.